The Morgan fingerprint density at radius 2 is 2.03 bits per heavy atom. The van der Waals surface area contributed by atoms with Gasteiger partial charge in [-0.3, -0.25) is 9.59 Å². The van der Waals surface area contributed by atoms with Gasteiger partial charge in [0.2, 0.25) is 11.8 Å². The second kappa shape index (κ2) is 9.01. The zero-order chi connectivity index (χ0) is 21.8. The first kappa shape index (κ1) is 21.2. The molecule has 162 valence electrons. The van der Waals surface area contributed by atoms with Gasteiger partial charge in [-0.15, -0.1) is 11.3 Å². The Kier molecular flexibility index (Phi) is 6.18. The molecule has 1 atom stereocenters. The summed E-state index contributed by atoms with van der Waals surface area (Å²) in [7, 11) is 3.59. The van der Waals surface area contributed by atoms with Gasteiger partial charge in [0.1, 0.15) is 19.2 Å². The van der Waals surface area contributed by atoms with E-state index in [0.717, 1.165) is 24.0 Å². The number of amides is 2. The Bertz CT molecular complexity index is 1030. The second-order valence-corrected chi connectivity index (χ2v) is 9.25. The van der Waals surface area contributed by atoms with Gasteiger partial charge >= 0.3 is 0 Å². The third kappa shape index (κ3) is 4.54. The molecule has 1 fully saturated rings. The first-order valence-corrected chi connectivity index (χ1v) is 11.3. The molecular formula is C23H27N5O2S. The molecular weight excluding hydrogens is 410 g/mol. The summed E-state index contributed by atoms with van der Waals surface area (Å²) in [6.45, 7) is 1.21. The van der Waals surface area contributed by atoms with Crippen LogP contribution >= 0.6 is 11.3 Å². The van der Waals surface area contributed by atoms with Gasteiger partial charge in [0.25, 0.3) is 0 Å². The topological polar surface area (TPSA) is 71.3 Å². The van der Waals surface area contributed by atoms with Crippen molar-refractivity contribution in [2.24, 2.45) is 5.41 Å². The van der Waals surface area contributed by atoms with E-state index in [0.29, 0.717) is 19.5 Å². The molecule has 31 heavy (non-hydrogen) atoms. The van der Waals surface area contributed by atoms with E-state index in [2.05, 4.69) is 33.7 Å². The number of thiophene rings is 1. The molecule has 3 aromatic rings. The summed E-state index contributed by atoms with van der Waals surface area (Å²) in [6, 6.07) is 12.4. The van der Waals surface area contributed by atoms with Crippen LogP contribution in [0.3, 0.4) is 0 Å². The molecule has 4 rings (SSSR count). The molecule has 2 aromatic heterocycles. The highest BCUT2D eigenvalue weighted by atomic mass is 32.1. The molecule has 0 saturated carbocycles. The third-order valence-corrected chi connectivity index (χ3v) is 6.79. The summed E-state index contributed by atoms with van der Waals surface area (Å²) >= 11 is 1.70. The number of nitrogens with zero attached hydrogens (tertiary/aromatic N) is 5. The van der Waals surface area contributed by atoms with Crippen molar-refractivity contribution in [3.63, 3.8) is 0 Å². The van der Waals surface area contributed by atoms with Gasteiger partial charge in [0.15, 0.2) is 0 Å². The van der Waals surface area contributed by atoms with Gasteiger partial charge in [0.05, 0.1) is 5.41 Å². The van der Waals surface area contributed by atoms with E-state index in [1.54, 1.807) is 30.3 Å². The van der Waals surface area contributed by atoms with Crippen molar-refractivity contribution in [2.45, 2.75) is 25.8 Å². The Hall–Kier alpha value is -3.00. The fourth-order valence-electron chi connectivity index (χ4n) is 4.48. The van der Waals surface area contributed by atoms with Gasteiger partial charge in [-0.25, -0.2) is 9.67 Å². The largest absolute Gasteiger partial charge is 0.348 e. The number of carbonyl (C=O) groups excluding carboxylic acids is 2. The van der Waals surface area contributed by atoms with E-state index in [4.69, 9.17) is 0 Å². The minimum atomic E-state index is -0.646. The van der Waals surface area contributed by atoms with Gasteiger partial charge in [-0.1, -0.05) is 30.3 Å². The third-order valence-electron chi connectivity index (χ3n) is 5.89. The molecule has 0 radical (unpaired) electrons. The molecule has 1 saturated heterocycles. The zero-order valence-electron chi connectivity index (χ0n) is 17.9. The van der Waals surface area contributed by atoms with Crippen LogP contribution in [0.2, 0.25) is 0 Å². The lowest BCUT2D eigenvalue weighted by atomic mass is 9.73. The SMILES string of the molecule is CN(C)C(=O)[C@@]1(Cc2ccccc2-c2cccs2)CCCN(C(=O)Cn2cncn2)C1. The van der Waals surface area contributed by atoms with Crippen molar-refractivity contribution in [2.75, 3.05) is 27.2 Å². The Balaban J connectivity index is 1.64. The van der Waals surface area contributed by atoms with Crippen LogP contribution in [0.25, 0.3) is 10.4 Å². The maximum absolute atomic E-state index is 13.5. The average Bonchev–Trinajstić information content (AvgIpc) is 3.48. The van der Waals surface area contributed by atoms with E-state index in [1.165, 1.54) is 22.2 Å². The van der Waals surface area contributed by atoms with E-state index in [1.807, 2.05) is 23.1 Å². The van der Waals surface area contributed by atoms with E-state index >= 15 is 0 Å². The van der Waals surface area contributed by atoms with Crippen molar-refractivity contribution in [3.05, 3.63) is 60.0 Å². The first-order valence-electron chi connectivity index (χ1n) is 10.4. The smallest absolute Gasteiger partial charge is 0.244 e. The summed E-state index contributed by atoms with van der Waals surface area (Å²) < 4.78 is 1.53. The number of rotatable bonds is 6. The van der Waals surface area contributed by atoms with Crippen LogP contribution in [0.15, 0.2) is 54.4 Å². The molecule has 0 N–H and O–H groups in total. The maximum atomic E-state index is 13.5. The zero-order valence-corrected chi connectivity index (χ0v) is 18.7. The van der Waals surface area contributed by atoms with Crippen molar-refractivity contribution in [3.8, 4) is 10.4 Å². The summed E-state index contributed by atoms with van der Waals surface area (Å²) in [4.78, 5) is 35.0. The Labute approximate surface area is 186 Å². The first-order chi connectivity index (χ1) is 15.0. The fourth-order valence-corrected chi connectivity index (χ4v) is 5.26. The molecule has 0 bridgehead atoms. The van der Waals surface area contributed by atoms with Crippen LogP contribution in [-0.4, -0.2) is 63.6 Å². The standard InChI is InChI=1S/C23H27N5O2S/c1-26(2)22(30)23(13-18-7-3-4-8-19(18)20-9-5-12-31-20)10-6-11-27(15-23)21(29)14-28-17-24-16-25-28/h3-5,7-9,12,16-17H,6,10-11,13-15H2,1-2H3/t23-/m1/s1. The molecule has 3 heterocycles. The number of piperidine rings is 1. The van der Waals surface area contributed by atoms with Crippen LogP contribution < -0.4 is 0 Å². The van der Waals surface area contributed by atoms with Crippen molar-refractivity contribution >= 4 is 23.2 Å². The molecule has 7 nitrogen and oxygen atoms in total. The van der Waals surface area contributed by atoms with E-state index < -0.39 is 5.41 Å². The molecule has 8 heteroatoms. The van der Waals surface area contributed by atoms with Gasteiger partial charge in [-0.05, 0) is 41.8 Å². The lowest BCUT2D eigenvalue weighted by Crippen LogP contribution is -2.54. The predicted molar refractivity (Wildman–Crippen MR) is 120 cm³/mol. The van der Waals surface area contributed by atoms with Crippen LogP contribution in [0, 0.1) is 5.41 Å². The highest BCUT2D eigenvalue weighted by molar-refractivity contribution is 7.13. The summed E-state index contributed by atoms with van der Waals surface area (Å²) in [5.41, 5.74) is 1.66. The lowest BCUT2D eigenvalue weighted by Gasteiger charge is -2.43. The second-order valence-electron chi connectivity index (χ2n) is 8.30. The highest BCUT2D eigenvalue weighted by Gasteiger charge is 2.44. The van der Waals surface area contributed by atoms with Crippen molar-refractivity contribution in [1.82, 2.24) is 24.6 Å². The van der Waals surface area contributed by atoms with E-state index in [9.17, 15) is 9.59 Å². The van der Waals surface area contributed by atoms with Crippen molar-refractivity contribution < 1.29 is 9.59 Å². The fraction of sp³-hybridized carbons (Fsp3) is 0.391. The van der Waals surface area contributed by atoms with Crippen LogP contribution in [-0.2, 0) is 22.6 Å². The summed E-state index contributed by atoms with van der Waals surface area (Å²) in [5.74, 6) is 0.0411. The Morgan fingerprint density at radius 1 is 1.19 bits per heavy atom. The quantitative estimate of drug-likeness (QED) is 0.594. The molecule has 1 aromatic carbocycles. The number of likely N-dealkylation sites (tertiary alicyclic amines) is 1. The summed E-state index contributed by atoms with van der Waals surface area (Å²) in [6.07, 6.45) is 5.12. The molecule has 0 unspecified atom stereocenters. The molecule has 1 aliphatic rings. The number of benzene rings is 1. The number of aromatic nitrogens is 3. The molecule has 0 spiro atoms. The Morgan fingerprint density at radius 3 is 2.74 bits per heavy atom. The summed E-state index contributed by atoms with van der Waals surface area (Å²) in [5, 5.41) is 6.11. The van der Waals surface area contributed by atoms with Crippen LogP contribution in [0.4, 0.5) is 0 Å². The lowest BCUT2D eigenvalue weighted by molar-refractivity contribution is -0.147. The average molecular weight is 438 g/mol. The molecule has 2 amide bonds. The van der Waals surface area contributed by atoms with Crippen molar-refractivity contribution in [1.29, 1.82) is 0 Å². The highest BCUT2D eigenvalue weighted by Crippen LogP contribution is 2.39. The van der Waals surface area contributed by atoms with Gasteiger partial charge in [-0.2, -0.15) is 5.10 Å². The molecule has 1 aliphatic heterocycles. The molecule has 0 aliphatic carbocycles. The normalized spacial score (nSPS) is 18.7. The minimum Gasteiger partial charge on any atom is -0.348 e. The monoisotopic (exact) mass is 437 g/mol. The van der Waals surface area contributed by atoms with Crippen LogP contribution in [0.1, 0.15) is 18.4 Å². The number of carbonyl (C=O) groups is 2. The predicted octanol–water partition coefficient (Wildman–Crippen LogP) is 2.95. The maximum Gasteiger partial charge on any atom is 0.244 e. The van der Waals surface area contributed by atoms with Gasteiger partial charge in [0, 0.05) is 32.1 Å². The number of hydrogen-bond donors (Lipinski definition) is 0. The van der Waals surface area contributed by atoms with Gasteiger partial charge < -0.3 is 9.80 Å². The van der Waals surface area contributed by atoms with E-state index in [-0.39, 0.29) is 18.4 Å². The number of hydrogen-bond acceptors (Lipinski definition) is 5. The van der Waals surface area contributed by atoms with Crippen LogP contribution in [0.5, 0.6) is 0 Å². The minimum absolute atomic E-state index is 0.0346.